The van der Waals surface area contributed by atoms with Crippen LogP contribution in [0.5, 0.6) is 5.75 Å². The smallest absolute Gasteiger partial charge is 0.266 e. The quantitative estimate of drug-likeness (QED) is 0.378. The lowest BCUT2D eigenvalue weighted by atomic mass is 10.2. The summed E-state index contributed by atoms with van der Waals surface area (Å²) in [5.74, 6) is 0.726. The highest BCUT2D eigenvalue weighted by molar-refractivity contribution is 8.26. The van der Waals surface area contributed by atoms with Crippen molar-refractivity contribution in [1.82, 2.24) is 4.90 Å². The number of rotatable bonds is 7. The molecule has 146 valence electrons. The molecule has 5 nitrogen and oxygen atoms in total. The van der Waals surface area contributed by atoms with Crippen molar-refractivity contribution < 1.29 is 17.9 Å². The van der Waals surface area contributed by atoms with Gasteiger partial charge in [-0.25, -0.2) is 8.42 Å². The molecule has 2 heterocycles. The van der Waals surface area contributed by atoms with Gasteiger partial charge in [0.1, 0.15) is 10.1 Å². The molecule has 2 aliphatic heterocycles. The normalized spacial score (nSPS) is 23.4. The van der Waals surface area contributed by atoms with Crippen molar-refractivity contribution >= 4 is 50.1 Å². The van der Waals surface area contributed by atoms with Gasteiger partial charge in [-0.15, -0.1) is 0 Å². The first-order chi connectivity index (χ1) is 12.9. The van der Waals surface area contributed by atoms with Gasteiger partial charge in [-0.2, -0.15) is 0 Å². The maximum atomic E-state index is 12.7. The Balaban J connectivity index is 1.65. The molecule has 0 unspecified atom stereocenters. The number of unbranched alkanes of at least 4 members (excludes halogenated alkanes) is 2. The van der Waals surface area contributed by atoms with E-state index in [2.05, 4.69) is 6.92 Å². The Morgan fingerprint density at radius 2 is 2.04 bits per heavy atom. The van der Waals surface area contributed by atoms with Crippen molar-refractivity contribution in [2.24, 2.45) is 0 Å². The van der Waals surface area contributed by atoms with E-state index in [-0.39, 0.29) is 23.5 Å². The van der Waals surface area contributed by atoms with E-state index in [0.29, 0.717) is 22.3 Å². The number of amides is 1. The lowest BCUT2D eigenvalue weighted by Gasteiger charge is -2.20. The molecule has 3 rings (SSSR count). The molecular formula is C19H23NO4S3. The third-order valence-corrected chi connectivity index (χ3v) is 7.67. The molecule has 2 saturated heterocycles. The largest absolute Gasteiger partial charge is 0.494 e. The Bertz CT molecular complexity index is 846. The summed E-state index contributed by atoms with van der Waals surface area (Å²) in [6.45, 7) is 2.86. The summed E-state index contributed by atoms with van der Waals surface area (Å²) >= 11 is 6.55. The average Bonchev–Trinajstić information content (AvgIpc) is 3.11. The van der Waals surface area contributed by atoms with Crippen LogP contribution in [-0.2, 0) is 14.6 Å². The van der Waals surface area contributed by atoms with E-state index in [4.69, 9.17) is 17.0 Å². The Kier molecular flexibility index (Phi) is 6.60. The minimum Gasteiger partial charge on any atom is -0.494 e. The fourth-order valence-corrected chi connectivity index (χ4v) is 6.23. The topological polar surface area (TPSA) is 63.7 Å². The molecule has 1 amide bonds. The molecule has 1 atom stereocenters. The molecule has 0 aromatic heterocycles. The zero-order valence-corrected chi connectivity index (χ0v) is 17.7. The zero-order valence-electron chi connectivity index (χ0n) is 15.2. The number of nitrogens with zero attached hydrogens (tertiary/aromatic N) is 1. The van der Waals surface area contributed by atoms with Crippen LogP contribution in [0.4, 0.5) is 0 Å². The lowest BCUT2D eigenvalue weighted by molar-refractivity contribution is -0.123. The Morgan fingerprint density at radius 1 is 1.30 bits per heavy atom. The summed E-state index contributed by atoms with van der Waals surface area (Å²) in [7, 11) is -3.07. The van der Waals surface area contributed by atoms with Crippen LogP contribution in [0.3, 0.4) is 0 Å². The molecule has 1 aromatic carbocycles. The Labute approximate surface area is 170 Å². The first-order valence-corrected chi connectivity index (χ1v) is 12.1. The number of ether oxygens (including phenoxy) is 1. The van der Waals surface area contributed by atoms with Crippen LogP contribution in [0.25, 0.3) is 6.08 Å². The van der Waals surface area contributed by atoms with E-state index in [1.54, 1.807) is 6.08 Å². The molecule has 0 bridgehead atoms. The van der Waals surface area contributed by atoms with Crippen LogP contribution >= 0.6 is 24.0 Å². The number of hydrogen-bond donors (Lipinski definition) is 0. The van der Waals surface area contributed by atoms with Gasteiger partial charge in [-0.05, 0) is 36.6 Å². The standard InChI is InChI=1S/C19H23NO4S3/c1-2-3-4-10-24-16-7-5-14(6-8-16)12-17-18(21)20(19(25)26-17)15-9-11-27(22,23)13-15/h5-8,12,15H,2-4,9-11,13H2,1H3/b17-12-/t15-/m0/s1. The van der Waals surface area contributed by atoms with E-state index < -0.39 is 9.84 Å². The number of carbonyl (C=O) groups excluding carboxylic acids is 1. The minimum atomic E-state index is -3.07. The molecule has 1 aromatic rings. The second-order valence-corrected chi connectivity index (χ2v) is 10.6. The summed E-state index contributed by atoms with van der Waals surface area (Å²) in [6.07, 6.45) is 5.60. The number of benzene rings is 1. The number of thiocarbonyl (C=S) groups is 1. The number of hydrogen-bond acceptors (Lipinski definition) is 6. The van der Waals surface area contributed by atoms with E-state index in [1.807, 2.05) is 24.3 Å². The summed E-state index contributed by atoms with van der Waals surface area (Å²) in [5.41, 5.74) is 0.885. The van der Waals surface area contributed by atoms with Crippen LogP contribution in [-0.4, -0.2) is 47.7 Å². The lowest BCUT2D eigenvalue weighted by Crippen LogP contribution is -2.39. The highest BCUT2D eigenvalue weighted by Gasteiger charge is 2.42. The highest BCUT2D eigenvalue weighted by atomic mass is 32.2. The summed E-state index contributed by atoms with van der Waals surface area (Å²) in [4.78, 5) is 14.7. The van der Waals surface area contributed by atoms with Gasteiger partial charge < -0.3 is 4.74 Å². The molecule has 0 radical (unpaired) electrons. The van der Waals surface area contributed by atoms with Crippen LogP contribution in [0, 0.1) is 0 Å². The zero-order chi connectivity index (χ0) is 19.4. The van der Waals surface area contributed by atoms with Gasteiger partial charge in [0.2, 0.25) is 0 Å². The summed E-state index contributed by atoms with van der Waals surface area (Å²) in [6, 6.07) is 7.25. The van der Waals surface area contributed by atoms with Crippen molar-refractivity contribution in [3.05, 3.63) is 34.7 Å². The van der Waals surface area contributed by atoms with E-state index in [0.717, 1.165) is 30.6 Å². The number of carbonyl (C=O) groups is 1. The monoisotopic (exact) mass is 425 g/mol. The van der Waals surface area contributed by atoms with Crippen LogP contribution in [0.15, 0.2) is 29.2 Å². The molecule has 8 heteroatoms. The maximum Gasteiger partial charge on any atom is 0.266 e. The summed E-state index contributed by atoms with van der Waals surface area (Å²) in [5, 5.41) is 0. The maximum absolute atomic E-state index is 12.7. The molecule has 0 saturated carbocycles. The van der Waals surface area contributed by atoms with E-state index in [9.17, 15) is 13.2 Å². The second-order valence-electron chi connectivity index (χ2n) is 6.73. The second kappa shape index (κ2) is 8.75. The van der Waals surface area contributed by atoms with Gasteiger partial charge in [-0.3, -0.25) is 9.69 Å². The number of sulfone groups is 1. The Hall–Kier alpha value is -1.38. The number of thioether (sulfide) groups is 1. The molecule has 2 aliphatic rings. The van der Waals surface area contributed by atoms with Gasteiger partial charge in [0.15, 0.2) is 9.84 Å². The predicted molar refractivity (Wildman–Crippen MR) is 114 cm³/mol. The molecule has 2 fully saturated rings. The molecule has 0 N–H and O–H groups in total. The van der Waals surface area contributed by atoms with Crippen LogP contribution < -0.4 is 4.74 Å². The van der Waals surface area contributed by atoms with Gasteiger partial charge in [0.25, 0.3) is 5.91 Å². The predicted octanol–water partition coefficient (Wildman–Crippen LogP) is 3.64. The fourth-order valence-electron chi connectivity index (χ4n) is 3.13. The molecular weight excluding hydrogens is 402 g/mol. The first-order valence-electron chi connectivity index (χ1n) is 9.10. The minimum absolute atomic E-state index is 0.00319. The molecule has 0 aliphatic carbocycles. The van der Waals surface area contributed by atoms with Crippen LogP contribution in [0.1, 0.15) is 38.2 Å². The van der Waals surface area contributed by atoms with Crippen molar-refractivity contribution in [1.29, 1.82) is 0 Å². The van der Waals surface area contributed by atoms with E-state index in [1.165, 1.54) is 16.7 Å². The molecule has 27 heavy (non-hydrogen) atoms. The Morgan fingerprint density at radius 3 is 2.67 bits per heavy atom. The van der Waals surface area contributed by atoms with Crippen molar-refractivity contribution in [2.75, 3.05) is 18.1 Å². The van der Waals surface area contributed by atoms with Gasteiger partial charge in [0, 0.05) is 0 Å². The third-order valence-electron chi connectivity index (χ3n) is 4.59. The van der Waals surface area contributed by atoms with E-state index >= 15 is 0 Å². The van der Waals surface area contributed by atoms with Gasteiger partial charge >= 0.3 is 0 Å². The van der Waals surface area contributed by atoms with Gasteiger partial charge in [-0.1, -0.05) is 55.9 Å². The fraction of sp³-hybridized carbons (Fsp3) is 0.474. The SMILES string of the molecule is CCCCCOc1ccc(/C=C2\SC(=S)N([C@H]3CCS(=O)(=O)C3)C2=O)cc1. The van der Waals surface area contributed by atoms with Gasteiger partial charge in [0.05, 0.1) is 29.1 Å². The van der Waals surface area contributed by atoms with Crippen molar-refractivity contribution in [3.63, 3.8) is 0 Å². The average molecular weight is 426 g/mol. The van der Waals surface area contributed by atoms with Crippen LogP contribution in [0.2, 0.25) is 0 Å². The first kappa shape index (κ1) is 20.4. The third kappa shape index (κ3) is 5.12. The molecule has 0 spiro atoms. The van der Waals surface area contributed by atoms with Crippen molar-refractivity contribution in [2.45, 2.75) is 38.6 Å². The highest BCUT2D eigenvalue weighted by Crippen LogP contribution is 2.36. The van der Waals surface area contributed by atoms with Crippen molar-refractivity contribution in [3.8, 4) is 5.75 Å². The summed E-state index contributed by atoms with van der Waals surface area (Å²) < 4.78 is 29.6.